The minimum absolute atomic E-state index is 0.108. The van der Waals surface area contributed by atoms with E-state index in [1.54, 1.807) is 39.8 Å². The number of ether oxygens (including phenoxy) is 5. The molecule has 0 radical (unpaired) electrons. The molecule has 4 aliphatic rings. The van der Waals surface area contributed by atoms with Crippen LogP contribution in [-0.4, -0.2) is 99.2 Å². The molecule has 1 heterocycles. The molecule has 2 fully saturated rings. The normalized spacial score (nSPS) is 31.3. The average molecular weight is 792 g/mol. The van der Waals surface area contributed by atoms with Gasteiger partial charge in [0, 0.05) is 49.2 Å². The number of phenolic OH excluding ortho intramolecular Hbond substituents is 2. The third-order valence-corrected chi connectivity index (χ3v) is 11.9. The molecule has 1 saturated carbocycles. The molecule has 1 aliphatic heterocycles. The highest BCUT2D eigenvalue weighted by Gasteiger charge is 2.68. The average Bonchev–Trinajstić information content (AvgIpc) is 3.17. The molecule has 9 unspecified atom stereocenters. The van der Waals surface area contributed by atoms with Gasteiger partial charge in [-0.3, -0.25) is 14.4 Å². The van der Waals surface area contributed by atoms with E-state index >= 15 is 0 Å². The number of rotatable bonds is 9. The Bertz CT molecular complexity index is 2140. The van der Waals surface area contributed by atoms with Crippen molar-refractivity contribution in [3.8, 4) is 11.5 Å². The molecule has 0 bridgehead atoms. The van der Waals surface area contributed by atoms with Crippen LogP contribution in [0.2, 0.25) is 0 Å². The summed E-state index contributed by atoms with van der Waals surface area (Å²) in [4.78, 5) is 67.7. The summed E-state index contributed by atoms with van der Waals surface area (Å²) in [5, 5.41) is 57.1. The second-order valence-corrected chi connectivity index (χ2v) is 14.6. The minimum atomic E-state index is -2.63. The first-order valence-corrected chi connectivity index (χ1v) is 18.4. The van der Waals surface area contributed by atoms with Crippen molar-refractivity contribution in [2.45, 2.75) is 88.7 Å². The Labute approximate surface area is 327 Å². The lowest BCUT2D eigenvalue weighted by atomic mass is 9.55. The Morgan fingerprint density at radius 1 is 1.00 bits per heavy atom. The van der Waals surface area contributed by atoms with Gasteiger partial charge in [0.25, 0.3) is 5.91 Å². The third kappa shape index (κ3) is 6.18. The van der Waals surface area contributed by atoms with Gasteiger partial charge in [0.05, 0.1) is 29.5 Å². The molecule has 2 aromatic rings. The number of ketones is 2. The van der Waals surface area contributed by atoms with Crippen LogP contribution in [0.3, 0.4) is 0 Å². The highest BCUT2D eigenvalue weighted by Crippen LogP contribution is 2.60. The van der Waals surface area contributed by atoms with Gasteiger partial charge in [-0.2, -0.15) is 0 Å². The van der Waals surface area contributed by atoms with Gasteiger partial charge in [-0.05, 0) is 51.3 Å². The van der Waals surface area contributed by atoms with E-state index in [-0.39, 0.29) is 35.1 Å². The summed E-state index contributed by atoms with van der Waals surface area (Å²) in [6.07, 6.45) is -4.51. The summed E-state index contributed by atoms with van der Waals surface area (Å²) >= 11 is 0. The van der Waals surface area contributed by atoms with Crippen LogP contribution in [0.5, 0.6) is 11.5 Å². The first kappa shape index (κ1) is 41.1. The summed E-state index contributed by atoms with van der Waals surface area (Å²) in [5.74, 6) is -11.3. The van der Waals surface area contributed by atoms with E-state index in [1.807, 2.05) is 0 Å². The van der Waals surface area contributed by atoms with Crippen molar-refractivity contribution in [2.24, 2.45) is 17.6 Å². The SMILES string of the molecule is C/C=C(/CC)C(=O)OC1C(O)CC(c2ccc3c(c2O)C(O)=C2C(=O)C4(OC)C(O)=C(C(N)=O)C(=O)C(OC(=O)c5ccccc5O)C4CC2C3(C)OC)OC1C. The van der Waals surface area contributed by atoms with E-state index in [0.717, 1.165) is 7.11 Å². The maximum atomic E-state index is 15.0. The summed E-state index contributed by atoms with van der Waals surface area (Å²) in [5.41, 5.74) is -0.00270. The number of primary amides is 1. The largest absolute Gasteiger partial charge is 0.508 e. The Morgan fingerprint density at radius 3 is 2.26 bits per heavy atom. The third-order valence-electron chi connectivity index (χ3n) is 11.9. The van der Waals surface area contributed by atoms with Crippen LogP contribution in [0.25, 0.3) is 5.76 Å². The molecule has 1 saturated heterocycles. The number of aromatic hydroxyl groups is 2. The smallest absolute Gasteiger partial charge is 0.342 e. The van der Waals surface area contributed by atoms with Crippen LogP contribution in [0.15, 0.2) is 65.0 Å². The van der Waals surface area contributed by atoms with Gasteiger partial charge in [0.2, 0.25) is 11.6 Å². The van der Waals surface area contributed by atoms with Gasteiger partial charge in [0.15, 0.2) is 17.8 Å². The van der Waals surface area contributed by atoms with Gasteiger partial charge in [-0.15, -0.1) is 0 Å². The van der Waals surface area contributed by atoms with E-state index in [1.165, 1.54) is 37.4 Å². The monoisotopic (exact) mass is 791 g/mol. The Hall–Kier alpha value is -5.55. The van der Waals surface area contributed by atoms with Crippen LogP contribution in [-0.2, 0) is 48.5 Å². The minimum Gasteiger partial charge on any atom is -0.508 e. The number of methoxy groups -OCH3 is 2. The number of phenols is 2. The van der Waals surface area contributed by atoms with Crippen LogP contribution >= 0.6 is 0 Å². The zero-order valence-corrected chi connectivity index (χ0v) is 32.1. The number of carbonyl (C=O) groups excluding carboxylic acids is 5. The first-order chi connectivity index (χ1) is 26.9. The van der Waals surface area contributed by atoms with Crippen molar-refractivity contribution < 1.29 is 73.2 Å². The molecule has 2 aromatic carbocycles. The van der Waals surface area contributed by atoms with Crippen molar-refractivity contribution in [1.82, 2.24) is 0 Å². The molecule has 1 amide bonds. The number of allylic oxidation sites excluding steroid dienone is 1. The maximum absolute atomic E-state index is 15.0. The predicted molar refractivity (Wildman–Crippen MR) is 197 cm³/mol. The number of fused-ring (bicyclic) bond motifs is 3. The zero-order chi connectivity index (χ0) is 41.9. The summed E-state index contributed by atoms with van der Waals surface area (Å²) in [6, 6.07) is 8.36. The molecule has 0 aromatic heterocycles. The number of nitrogens with two attached hydrogens (primary N) is 1. The van der Waals surface area contributed by atoms with E-state index in [9.17, 15) is 49.5 Å². The lowest BCUT2D eigenvalue weighted by Gasteiger charge is -2.53. The lowest BCUT2D eigenvalue weighted by molar-refractivity contribution is -0.191. The van der Waals surface area contributed by atoms with Crippen molar-refractivity contribution >= 4 is 35.2 Å². The molecule has 0 spiro atoms. The molecule has 6 rings (SSSR count). The summed E-state index contributed by atoms with van der Waals surface area (Å²) in [6.45, 7) is 6.66. The van der Waals surface area contributed by atoms with Gasteiger partial charge in [0.1, 0.15) is 34.2 Å². The second kappa shape index (κ2) is 15.1. The van der Waals surface area contributed by atoms with Crippen molar-refractivity contribution in [3.63, 3.8) is 0 Å². The highest BCUT2D eigenvalue weighted by atomic mass is 16.6. The molecule has 3 aliphatic carbocycles. The van der Waals surface area contributed by atoms with Crippen LogP contribution in [0.1, 0.15) is 80.1 Å². The number of carbonyl (C=O) groups is 5. The molecule has 57 heavy (non-hydrogen) atoms. The fourth-order valence-electron chi connectivity index (χ4n) is 8.82. The number of para-hydroxylation sites is 1. The second-order valence-electron chi connectivity index (χ2n) is 14.6. The number of hydrogen-bond donors (Lipinski definition) is 6. The Balaban J connectivity index is 1.45. The van der Waals surface area contributed by atoms with Gasteiger partial charge < -0.3 is 55.0 Å². The standard InChI is InChI=1S/C41H45NO15/c1-7-18(8-2)38(51)56-33-17(3)55-26(16-25(33)44)20-13-14-21-27(30(20)45)31(46)28-22(40(21,4)53-5)15-23-34(57-39(52)19-11-9-10-12-24(19)43)32(47)29(37(42)50)36(49)41(23,54-6)35(28)48/h7,9-14,17,22-23,25-26,33-34,43-46,49H,8,15-16H2,1-6H3,(H2,42,50)/b18-7-. The quantitative estimate of drug-likeness (QED) is 0.121. The number of hydrogen-bond acceptors (Lipinski definition) is 15. The summed E-state index contributed by atoms with van der Waals surface area (Å²) < 4.78 is 29.1. The molecule has 16 heteroatoms. The van der Waals surface area contributed by atoms with E-state index in [4.69, 9.17) is 29.4 Å². The van der Waals surface area contributed by atoms with Gasteiger partial charge in [-0.25, -0.2) is 9.59 Å². The molecule has 304 valence electrons. The number of aliphatic hydroxyl groups is 3. The van der Waals surface area contributed by atoms with Crippen LogP contribution in [0, 0.1) is 11.8 Å². The highest BCUT2D eigenvalue weighted by molar-refractivity contribution is 6.24. The lowest BCUT2D eigenvalue weighted by Crippen LogP contribution is -2.66. The molecule has 16 nitrogen and oxygen atoms in total. The van der Waals surface area contributed by atoms with E-state index < -0.39 is 117 Å². The van der Waals surface area contributed by atoms with Crippen molar-refractivity contribution in [2.75, 3.05) is 14.2 Å². The number of benzene rings is 2. The number of amides is 1. The van der Waals surface area contributed by atoms with Crippen LogP contribution < -0.4 is 5.73 Å². The first-order valence-electron chi connectivity index (χ1n) is 18.4. The summed E-state index contributed by atoms with van der Waals surface area (Å²) in [7, 11) is 2.33. The number of aliphatic hydroxyl groups excluding tert-OH is 3. The van der Waals surface area contributed by atoms with Gasteiger partial charge in [-0.1, -0.05) is 37.3 Å². The number of esters is 2. The Morgan fingerprint density at radius 2 is 1.68 bits per heavy atom. The topological polar surface area (TPSA) is 259 Å². The maximum Gasteiger partial charge on any atom is 0.342 e. The zero-order valence-electron chi connectivity index (χ0n) is 32.1. The number of Topliss-reactive ketones (excluding diaryl/α,β-unsaturated/α-hetero) is 2. The van der Waals surface area contributed by atoms with Crippen molar-refractivity contribution in [1.29, 1.82) is 0 Å². The van der Waals surface area contributed by atoms with Crippen molar-refractivity contribution in [3.05, 3.63) is 87.2 Å². The van der Waals surface area contributed by atoms with E-state index in [2.05, 4.69) is 0 Å². The van der Waals surface area contributed by atoms with Gasteiger partial charge >= 0.3 is 11.9 Å². The molecule has 7 N–H and O–H groups in total. The Kier molecular flexibility index (Phi) is 10.9. The molecular weight excluding hydrogens is 746 g/mol. The van der Waals surface area contributed by atoms with Crippen LogP contribution in [0.4, 0.5) is 0 Å². The molecular formula is C41H45NO15. The predicted octanol–water partition coefficient (Wildman–Crippen LogP) is 3.42. The fourth-order valence-corrected chi connectivity index (χ4v) is 8.82. The van der Waals surface area contributed by atoms with E-state index in [0.29, 0.717) is 12.0 Å². The molecule has 9 atom stereocenters. The fraction of sp³-hybridized carbons (Fsp3) is 0.439.